The highest BCUT2D eigenvalue weighted by atomic mass is 16.6. The van der Waals surface area contributed by atoms with Crippen molar-refractivity contribution >= 4 is 17.8 Å². The number of ether oxygens (including phenoxy) is 2. The highest BCUT2D eigenvalue weighted by Crippen LogP contribution is 2.38. The first-order valence-corrected chi connectivity index (χ1v) is 6.59. The fourth-order valence-electron chi connectivity index (χ4n) is 2.56. The summed E-state index contributed by atoms with van der Waals surface area (Å²) in [6.45, 7) is 7.28. The van der Waals surface area contributed by atoms with Gasteiger partial charge in [0.25, 0.3) is 0 Å². The third-order valence-corrected chi connectivity index (χ3v) is 3.45. The normalized spacial score (nSPS) is 25.6. The van der Waals surface area contributed by atoms with Gasteiger partial charge in [0.1, 0.15) is 5.60 Å². The van der Waals surface area contributed by atoms with Crippen molar-refractivity contribution < 1.29 is 23.9 Å². The van der Waals surface area contributed by atoms with Gasteiger partial charge in [-0.25, -0.2) is 9.59 Å². The molecule has 1 fully saturated rings. The number of cyclic esters (lactones) is 1. The summed E-state index contributed by atoms with van der Waals surface area (Å²) in [5.41, 5.74) is 0.328. The maximum Gasteiger partial charge on any atom is 0.407 e. The van der Waals surface area contributed by atoms with Crippen LogP contribution in [-0.2, 0) is 19.1 Å². The molecule has 2 aliphatic rings. The van der Waals surface area contributed by atoms with Gasteiger partial charge in [-0.15, -0.1) is 0 Å². The molecule has 0 radical (unpaired) electrons. The fraction of sp³-hybridized carbons (Fsp3) is 0.643. The summed E-state index contributed by atoms with van der Waals surface area (Å²) < 4.78 is 10.1. The number of alkyl carbamates (subject to hydrolysis) is 1. The van der Waals surface area contributed by atoms with Gasteiger partial charge in [0, 0.05) is 24.0 Å². The number of rotatable bonds is 2. The lowest BCUT2D eigenvalue weighted by molar-refractivity contribution is -0.136. The smallest absolute Gasteiger partial charge is 0.407 e. The van der Waals surface area contributed by atoms with Gasteiger partial charge >= 0.3 is 12.1 Å². The third kappa shape index (κ3) is 2.69. The van der Waals surface area contributed by atoms with E-state index < -0.39 is 23.6 Å². The second kappa shape index (κ2) is 4.92. The number of hydrogen-bond donors (Lipinski definition) is 1. The Labute approximate surface area is 117 Å². The van der Waals surface area contributed by atoms with E-state index in [0.29, 0.717) is 11.1 Å². The van der Waals surface area contributed by atoms with Gasteiger partial charge in [0.15, 0.2) is 5.78 Å². The topological polar surface area (TPSA) is 81.7 Å². The molecule has 2 rings (SSSR count). The Morgan fingerprint density at radius 3 is 2.65 bits per heavy atom. The molecule has 1 N–H and O–H groups in total. The molecule has 110 valence electrons. The van der Waals surface area contributed by atoms with E-state index in [2.05, 4.69) is 5.32 Å². The van der Waals surface area contributed by atoms with Crippen molar-refractivity contribution in [2.45, 2.75) is 33.3 Å². The van der Waals surface area contributed by atoms with Crippen LogP contribution in [0.1, 0.15) is 27.7 Å². The molecule has 1 aliphatic carbocycles. The average Bonchev–Trinajstić information content (AvgIpc) is 2.77. The van der Waals surface area contributed by atoms with Crippen molar-refractivity contribution in [1.29, 1.82) is 0 Å². The van der Waals surface area contributed by atoms with Gasteiger partial charge in [-0.2, -0.15) is 0 Å². The molecule has 1 amide bonds. The lowest BCUT2D eigenvalue weighted by atomic mass is 9.93. The molecule has 0 saturated carbocycles. The first kappa shape index (κ1) is 14.6. The standard InChI is InChI=1S/C14H19NO5/c1-7-10-9(6-19-12(10)17)8(11(7)16)5-15-13(18)20-14(2,3)4/h8-9H,5-6H2,1-4H3,(H,15,18)/t8-,9-/m0/s1. The number of esters is 1. The minimum atomic E-state index is -0.588. The summed E-state index contributed by atoms with van der Waals surface area (Å²) in [5.74, 6) is -1.20. The highest BCUT2D eigenvalue weighted by Gasteiger charge is 2.47. The van der Waals surface area contributed by atoms with E-state index in [-0.39, 0.29) is 24.9 Å². The van der Waals surface area contributed by atoms with Crippen molar-refractivity contribution in [3.05, 3.63) is 11.1 Å². The first-order valence-electron chi connectivity index (χ1n) is 6.59. The molecular formula is C14H19NO5. The zero-order chi connectivity index (χ0) is 15.1. The molecule has 0 aromatic heterocycles. The van der Waals surface area contributed by atoms with E-state index in [0.717, 1.165) is 0 Å². The van der Waals surface area contributed by atoms with Crippen LogP contribution in [0.15, 0.2) is 11.1 Å². The number of amides is 1. The van der Waals surface area contributed by atoms with Crippen LogP contribution in [0.25, 0.3) is 0 Å². The lowest BCUT2D eigenvalue weighted by Gasteiger charge is -2.21. The van der Waals surface area contributed by atoms with E-state index >= 15 is 0 Å². The van der Waals surface area contributed by atoms with Gasteiger partial charge in [0.2, 0.25) is 0 Å². The minimum absolute atomic E-state index is 0.0993. The molecule has 20 heavy (non-hydrogen) atoms. The van der Waals surface area contributed by atoms with Crippen molar-refractivity contribution in [3.63, 3.8) is 0 Å². The Kier molecular flexibility index (Phi) is 3.58. The Balaban J connectivity index is 1.97. The number of carbonyl (C=O) groups excluding carboxylic acids is 3. The predicted octanol–water partition coefficient (Wildman–Crippen LogP) is 1.20. The van der Waals surface area contributed by atoms with Crippen molar-refractivity contribution in [2.75, 3.05) is 13.2 Å². The molecule has 0 aromatic carbocycles. The zero-order valence-corrected chi connectivity index (χ0v) is 12.1. The second-order valence-corrected chi connectivity index (χ2v) is 6.10. The molecular weight excluding hydrogens is 262 g/mol. The van der Waals surface area contributed by atoms with Gasteiger partial charge in [-0.1, -0.05) is 0 Å². The summed E-state index contributed by atoms with van der Waals surface area (Å²) in [6.07, 6.45) is -0.568. The fourth-order valence-corrected chi connectivity index (χ4v) is 2.56. The van der Waals surface area contributed by atoms with Gasteiger partial charge < -0.3 is 14.8 Å². The van der Waals surface area contributed by atoms with Crippen molar-refractivity contribution in [3.8, 4) is 0 Å². The number of carbonyl (C=O) groups is 3. The number of nitrogens with one attached hydrogen (secondary N) is 1. The lowest BCUT2D eigenvalue weighted by Crippen LogP contribution is -2.38. The van der Waals surface area contributed by atoms with E-state index in [4.69, 9.17) is 9.47 Å². The molecule has 6 nitrogen and oxygen atoms in total. The molecule has 0 bridgehead atoms. The number of allylic oxidation sites excluding steroid dienone is 1. The van der Waals surface area contributed by atoms with Crippen molar-refractivity contribution in [2.24, 2.45) is 11.8 Å². The maximum absolute atomic E-state index is 12.1. The maximum atomic E-state index is 12.1. The van der Waals surface area contributed by atoms with Crippen LogP contribution in [-0.4, -0.2) is 36.6 Å². The summed E-state index contributed by atoms with van der Waals surface area (Å²) in [7, 11) is 0. The largest absolute Gasteiger partial charge is 0.462 e. The number of Topliss-reactive ketones (excluding diaryl/α,β-unsaturated/α-hetero) is 1. The molecule has 1 heterocycles. The molecule has 2 atom stereocenters. The van der Waals surface area contributed by atoms with Crippen LogP contribution >= 0.6 is 0 Å². The van der Waals surface area contributed by atoms with Crippen LogP contribution in [0.5, 0.6) is 0 Å². The van der Waals surface area contributed by atoms with Gasteiger partial charge in [-0.3, -0.25) is 4.79 Å². The van der Waals surface area contributed by atoms with Gasteiger partial charge in [0.05, 0.1) is 12.2 Å². The SMILES string of the molecule is CC1=C2C(=O)OC[C@H]2[C@H](CNC(=O)OC(C)(C)C)C1=O. The second-order valence-electron chi connectivity index (χ2n) is 6.10. The quantitative estimate of drug-likeness (QED) is 0.769. The molecule has 1 saturated heterocycles. The monoisotopic (exact) mass is 281 g/mol. The van der Waals surface area contributed by atoms with E-state index in [1.54, 1.807) is 27.7 Å². The Morgan fingerprint density at radius 2 is 2.05 bits per heavy atom. The first-order chi connectivity index (χ1) is 9.20. The van der Waals surface area contributed by atoms with E-state index in [1.165, 1.54) is 0 Å². The Morgan fingerprint density at radius 1 is 1.40 bits per heavy atom. The Bertz CT molecular complexity index is 500. The van der Waals surface area contributed by atoms with Crippen LogP contribution in [0.2, 0.25) is 0 Å². The summed E-state index contributed by atoms with van der Waals surface area (Å²) >= 11 is 0. The highest BCUT2D eigenvalue weighted by molar-refractivity contribution is 6.10. The zero-order valence-electron chi connectivity index (χ0n) is 12.1. The molecule has 0 unspecified atom stereocenters. The van der Waals surface area contributed by atoms with Crippen LogP contribution < -0.4 is 5.32 Å². The van der Waals surface area contributed by atoms with Crippen LogP contribution in [0.3, 0.4) is 0 Å². The molecule has 6 heteroatoms. The number of ketones is 1. The predicted molar refractivity (Wildman–Crippen MR) is 69.9 cm³/mol. The number of fused-ring (bicyclic) bond motifs is 1. The van der Waals surface area contributed by atoms with E-state index in [1.807, 2.05) is 0 Å². The average molecular weight is 281 g/mol. The third-order valence-electron chi connectivity index (χ3n) is 3.45. The Hall–Kier alpha value is -1.85. The van der Waals surface area contributed by atoms with Gasteiger partial charge in [-0.05, 0) is 27.7 Å². The summed E-state index contributed by atoms with van der Waals surface area (Å²) in [6, 6.07) is 0. The molecule has 0 aromatic rings. The number of hydrogen-bond acceptors (Lipinski definition) is 5. The summed E-state index contributed by atoms with van der Waals surface area (Å²) in [4.78, 5) is 35.2. The molecule has 0 spiro atoms. The van der Waals surface area contributed by atoms with Crippen LogP contribution in [0, 0.1) is 11.8 Å². The minimum Gasteiger partial charge on any atom is -0.462 e. The summed E-state index contributed by atoms with van der Waals surface area (Å²) in [5, 5.41) is 2.58. The molecule has 1 aliphatic heterocycles. The van der Waals surface area contributed by atoms with Crippen LogP contribution in [0.4, 0.5) is 4.79 Å². The van der Waals surface area contributed by atoms with E-state index in [9.17, 15) is 14.4 Å². The van der Waals surface area contributed by atoms with Crippen molar-refractivity contribution in [1.82, 2.24) is 5.32 Å².